The Kier molecular flexibility index (Phi) is 2.79. The van der Waals surface area contributed by atoms with Crippen molar-refractivity contribution in [2.45, 2.75) is 6.92 Å². The molecular weight excluding hydrogens is 252 g/mol. The van der Waals surface area contributed by atoms with Crippen LogP contribution in [-0.2, 0) is 11.8 Å². The van der Waals surface area contributed by atoms with Crippen molar-refractivity contribution in [1.82, 2.24) is 4.57 Å². The quantitative estimate of drug-likeness (QED) is 0.688. The first-order valence-corrected chi connectivity index (χ1v) is 6.37. The van der Waals surface area contributed by atoms with E-state index in [4.69, 9.17) is 0 Å². The molecule has 4 nitrogen and oxygen atoms in total. The smallest absolute Gasteiger partial charge is 0.274 e. The van der Waals surface area contributed by atoms with Gasteiger partial charge >= 0.3 is 0 Å². The van der Waals surface area contributed by atoms with Gasteiger partial charge in [0.05, 0.1) is 5.52 Å². The summed E-state index contributed by atoms with van der Waals surface area (Å²) in [5.41, 5.74) is 0.953. The van der Waals surface area contributed by atoms with Gasteiger partial charge in [-0.05, 0) is 22.9 Å². The van der Waals surface area contributed by atoms with Crippen LogP contribution in [0.1, 0.15) is 6.92 Å². The lowest BCUT2D eigenvalue weighted by molar-refractivity contribution is -0.114. The third kappa shape index (κ3) is 1.86. The average Bonchev–Trinajstić information content (AvgIpc) is 2.43. The zero-order valence-corrected chi connectivity index (χ0v) is 11.3. The van der Waals surface area contributed by atoms with Gasteiger partial charge in [0.2, 0.25) is 5.91 Å². The number of nitrogens with zero attached hydrogens (tertiary/aromatic N) is 1. The van der Waals surface area contributed by atoms with Gasteiger partial charge in [-0.15, -0.1) is 0 Å². The van der Waals surface area contributed by atoms with E-state index in [9.17, 15) is 9.59 Å². The third-order valence-corrected chi connectivity index (χ3v) is 3.44. The first-order valence-electron chi connectivity index (χ1n) is 6.37. The highest BCUT2D eigenvalue weighted by molar-refractivity contribution is 6.07. The van der Waals surface area contributed by atoms with Crippen molar-refractivity contribution in [3.8, 4) is 0 Å². The number of benzene rings is 2. The van der Waals surface area contributed by atoms with Crippen LogP contribution in [0.3, 0.4) is 0 Å². The van der Waals surface area contributed by atoms with Crippen LogP contribution in [0.15, 0.2) is 47.3 Å². The Hall–Kier alpha value is -2.62. The van der Waals surface area contributed by atoms with Crippen molar-refractivity contribution in [3.63, 3.8) is 0 Å². The van der Waals surface area contributed by atoms with Crippen molar-refractivity contribution in [2.75, 3.05) is 5.32 Å². The Labute approximate surface area is 115 Å². The lowest BCUT2D eigenvalue weighted by atomic mass is 10.0. The highest BCUT2D eigenvalue weighted by Gasteiger charge is 2.09. The summed E-state index contributed by atoms with van der Waals surface area (Å²) in [6.07, 6.45) is 0. The van der Waals surface area contributed by atoms with E-state index < -0.39 is 0 Å². The van der Waals surface area contributed by atoms with Gasteiger partial charge in [-0.25, -0.2) is 0 Å². The lowest BCUT2D eigenvalue weighted by Crippen LogP contribution is -2.23. The van der Waals surface area contributed by atoms with Crippen LogP contribution >= 0.6 is 0 Å². The SMILES string of the molecule is CC(=O)Nc1cc2c3ccccc3ccc2n(C)c1=O. The van der Waals surface area contributed by atoms with Crippen molar-refractivity contribution < 1.29 is 4.79 Å². The number of hydrogen-bond acceptors (Lipinski definition) is 2. The second-order valence-corrected chi connectivity index (χ2v) is 4.82. The zero-order chi connectivity index (χ0) is 14.3. The van der Waals surface area contributed by atoms with Crippen LogP contribution in [-0.4, -0.2) is 10.5 Å². The van der Waals surface area contributed by atoms with E-state index >= 15 is 0 Å². The van der Waals surface area contributed by atoms with Gasteiger partial charge in [0.25, 0.3) is 5.56 Å². The van der Waals surface area contributed by atoms with Crippen LogP contribution in [0.5, 0.6) is 0 Å². The number of carbonyl (C=O) groups is 1. The number of hydrogen-bond donors (Lipinski definition) is 1. The molecule has 0 aliphatic carbocycles. The van der Waals surface area contributed by atoms with Crippen LogP contribution in [0.2, 0.25) is 0 Å². The Bertz CT molecular complexity index is 894. The minimum absolute atomic E-state index is 0.206. The molecule has 100 valence electrons. The van der Waals surface area contributed by atoms with Crippen LogP contribution in [0.25, 0.3) is 21.7 Å². The molecule has 0 radical (unpaired) electrons. The topological polar surface area (TPSA) is 51.1 Å². The summed E-state index contributed by atoms with van der Waals surface area (Å²) in [4.78, 5) is 23.4. The molecule has 0 spiro atoms. The number of fused-ring (bicyclic) bond motifs is 3. The Morgan fingerprint density at radius 2 is 1.85 bits per heavy atom. The molecule has 0 saturated heterocycles. The summed E-state index contributed by atoms with van der Waals surface area (Å²) in [6, 6.07) is 13.7. The summed E-state index contributed by atoms with van der Waals surface area (Å²) in [6.45, 7) is 1.40. The third-order valence-electron chi connectivity index (χ3n) is 3.44. The molecule has 3 rings (SSSR count). The summed E-state index contributed by atoms with van der Waals surface area (Å²) in [7, 11) is 1.71. The van der Waals surface area contributed by atoms with Gasteiger partial charge in [-0.3, -0.25) is 9.59 Å². The minimum atomic E-state index is -0.248. The summed E-state index contributed by atoms with van der Waals surface area (Å²) in [5, 5.41) is 5.72. The molecule has 1 aromatic heterocycles. The maximum atomic E-state index is 12.2. The fourth-order valence-electron chi connectivity index (χ4n) is 2.50. The van der Waals surface area contributed by atoms with Crippen molar-refractivity contribution in [1.29, 1.82) is 0 Å². The highest BCUT2D eigenvalue weighted by Crippen LogP contribution is 2.25. The van der Waals surface area contributed by atoms with E-state index in [-0.39, 0.29) is 11.5 Å². The normalized spacial score (nSPS) is 10.9. The van der Waals surface area contributed by atoms with Crippen molar-refractivity contribution in [3.05, 3.63) is 52.8 Å². The molecule has 0 aliphatic heterocycles. The molecule has 20 heavy (non-hydrogen) atoms. The minimum Gasteiger partial charge on any atom is -0.322 e. The van der Waals surface area contributed by atoms with Gasteiger partial charge in [0.15, 0.2) is 0 Å². The predicted octanol–water partition coefficient (Wildman–Crippen LogP) is 2.65. The molecule has 3 aromatic rings. The molecule has 4 heteroatoms. The Morgan fingerprint density at radius 3 is 2.60 bits per heavy atom. The number of pyridine rings is 1. The maximum Gasteiger partial charge on any atom is 0.274 e. The number of aryl methyl sites for hydroxylation is 1. The van der Waals surface area contributed by atoms with E-state index in [1.807, 2.05) is 36.4 Å². The molecule has 1 heterocycles. The monoisotopic (exact) mass is 266 g/mol. The summed E-state index contributed by atoms with van der Waals surface area (Å²) < 4.78 is 1.56. The van der Waals surface area contributed by atoms with Crippen molar-refractivity contribution in [2.24, 2.45) is 7.05 Å². The Morgan fingerprint density at radius 1 is 1.10 bits per heavy atom. The number of amides is 1. The van der Waals surface area contributed by atoms with Gasteiger partial charge < -0.3 is 9.88 Å². The molecule has 0 unspecified atom stereocenters. The van der Waals surface area contributed by atoms with Gasteiger partial charge in [-0.1, -0.05) is 30.3 Å². The van der Waals surface area contributed by atoms with Crippen LogP contribution in [0.4, 0.5) is 5.69 Å². The van der Waals surface area contributed by atoms with E-state index in [0.717, 1.165) is 21.7 Å². The summed E-state index contributed by atoms with van der Waals surface area (Å²) in [5.74, 6) is -0.248. The first-order chi connectivity index (χ1) is 9.58. The molecule has 0 fully saturated rings. The lowest BCUT2D eigenvalue weighted by Gasteiger charge is -2.11. The second-order valence-electron chi connectivity index (χ2n) is 4.82. The summed E-state index contributed by atoms with van der Waals surface area (Å²) >= 11 is 0. The predicted molar refractivity (Wildman–Crippen MR) is 81.0 cm³/mol. The largest absolute Gasteiger partial charge is 0.322 e. The fourth-order valence-corrected chi connectivity index (χ4v) is 2.50. The number of aromatic nitrogens is 1. The van der Waals surface area contributed by atoms with Crippen LogP contribution < -0.4 is 10.9 Å². The zero-order valence-electron chi connectivity index (χ0n) is 11.3. The molecule has 1 amide bonds. The number of anilines is 1. The van der Waals surface area contributed by atoms with E-state index in [0.29, 0.717) is 5.69 Å². The molecule has 0 aliphatic rings. The van der Waals surface area contributed by atoms with E-state index in [1.54, 1.807) is 17.7 Å². The first kappa shape index (κ1) is 12.4. The van der Waals surface area contributed by atoms with Crippen LogP contribution in [0, 0.1) is 0 Å². The fraction of sp³-hybridized carbons (Fsp3) is 0.125. The van der Waals surface area contributed by atoms with E-state index in [2.05, 4.69) is 5.32 Å². The van der Waals surface area contributed by atoms with Gasteiger partial charge in [0.1, 0.15) is 5.69 Å². The molecule has 0 bridgehead atoms. The molecular formula is C16H14N2O2. The van der Waals surface area contributed by atoms with E-state index in [1.165, 1.54) is 6.92 Å². The standard InChI is InChI=1S/C16H14N2O2/c1-10(19)17-14-9-13-12-6-4-3-5-11(12)7-8-15(13)18(2)16(14)20/h3-9H,1-2H3,(H,17,19). The second kappa shape index (κ2) is 4.49. The highest BCUT2D eigenvalue weighted by atomic mass is 16.2. The van der Waals surface area contributed by atoms with Gasteiger partial charge in [-0.2, -0.15) is 0 Å². The number of rotatable bonds is 1. The number of nitrogens with one attached hydrogen (secondary N) is 1. The Balaban J connectivity index is 2.45. The molecule has 1 N–H and O–H groups in total. The average molecular weight is 266 g/mol. The van der Waals surface area contributed by atoms with Crippen molar-refractivity contribution >= 4 is 33.3 Å². The number of carbonyl (C=O) groups excluding carboxylic acids is 1. The molecule has 0 saturated carbocycles. The maximum absolute atomic E-state index is 12.2. The molecule has 0 atom stereocenters. The molecule has 2 aromatic carbocycles. The van der Waals surface area contributed by atoms with Gasteiger partial charge in [0, 0.05) is 19.4 Å².